The largest absolute Gasteiger partial charge is 0.497 e. The predicted octanol–water partition coefficient (Wildman–Crippen LogP) is 2.07. The molecule has 140 valence electrons. The van der Waals surface area contributed by atoms with Gasteiger partial charge in [0.2, 0.25) is 5.91 Å². The third kappa shape index (κ3) is 3.92. The van der Waals surface area contributed by atoms with Crippen molar-refractivity contribution in [3.63, 3.8) is 0 Å². The summed E-state index contributed by atoms with van der Waals surface area (Å²) in [6.45, 7) is 0.292. The van der Waals surface area contributed by atoms with Crippen LogP contribution in [0.2, 0.25) is 0 Å². The molecule has 7 heteroatoms. The van der Waals surface area contributed by atoms with Crippen molar-refractivity contribution in [2.24, 2.45) is 0 Å². The fraction of sp³-hybridized carbons (Fsp3) is 0.250. The summed E-state index contributed by atoms with van der Waals surface area (Å²) in [5.41, 5.74) is 1.84. The zero-order valence-electron chi connectivity index (χ0n) is 15.5. The van der Waals surface area contributed by atoms with Crippen molar-refractivity contribution in [1.29, 1.82) is 0 Å². The Balaban J connectivity index is 1.81. The third-order valence-corrected chi connectivity index (χ3v) is 4.37. The van der Waals surface area contributed by atoms with E-state index < -0.39 is 0 Å². The van der Waals surface area contributed by atoms with Crippen molar-refractivity contribution in [1.82, 2.24) is 14.5 Å². The van der Waals surface area contributed by atoms with Gasteiger partial charge in [-0.25, -0.2) is 4.98 Å². The molecule has 7 nitrogen and oxygen atoms in total. The lowest BCUT2D eigenvalue weighted by atomic mass is 10.1. The molecule has 0 aliphatic heterocycles. The second-order valence-electron chi connectivity index (χ2n) is 6.10. The van der Waals surface area contributed by atoms with Crippen LogP contribution in [-0.4, -0.2) is 41.6 Å². The lowest BCUT2D eigenvalue weighted by Crippen LogP contribution is -2.33. The van der Waals surface area contributed by atoms with Crippen LogP contribution in [-0.2, 0) is 17.9 Å². The highest BCUT2D eigenvalue weighted by Crippen LogP contribution is 2.25. The van der Waals surface area contributed by atoms with Crippen LogP contribution in [0.15, 0.2) is 53.5 Å². The topological polar surface area (TPSA) is 73.7 Å². The Hall–Kier alpha value is -3.35. The molecule has 0 spiro atoms. The molecule has 1 heterocycles. The number of aromatic nitrogens is 2. The number of likely N-dealkylation sites (N-methyl/N-ethyl adjacent to an activating group) is 1. The second-order valence-corrected chi connectivity index (χ2v) is 6.10. The Morgan fingerprint density at radius 3 is 2.67 bits per heavy atom. The number of ether oxygens (including phenoxy) is 2. The minimum absolute atomic E-state index is 0.0587. The van der Waals surface area contributed by atoms with Gasteiger partial charge in [-0.2, -0.15) is 0 Å². The lowest BCUT2D eigenvalue weighted by molar-refractivity contribution is -0.131. The van der Waals surface area contributed by atoms with Crippen LogP contribution in [0.1, 0.15) is 5.56 Å². The molecule has 0 fully saturated rings. The molecule has 0 unspecified atom stereocenters. The summed E-state index contributed by atoms with van der Waals surface area (Å²) in [7, 11) is 4.85. The molecular weight excluding hydrogens is 346 g/mol. The number of benzene rings is 2. The first-order valence-corrected chi connectivity index (χ1v) is 8.43. The van der Waals surface area contributed by atoms with E-state index in [1.165, 1.54) is 10.8 Å². The van der Waals surface area contributed by atoms with Gasteiger partial charge in [-0.15, -0.1) is 0 Å². The molecule has 3 aromatic rings. The van der Waals surface area contributed by atoms with E-state index in [9.17, 15) is 9.59 Å². The van der Waals surface area contributed by atoms with Crippen molar-refractivity contribution in [2.75, 3.05) is 21.3 Å². The molecule has 0 aliphatic carbocycles. The number of amides is 1. The number of nitrogens with zero attached hydrogens (tertiary/aromatic N) is 3. The standard InChI is InChI=1S/C20H21N3O4/c1-22(12-14-8-9-15(26-2)10-18(14)27-3)20(25)13-23-17-7-5-4-6-16(17)21-11-19(23)24/h4-11H,12-13H2,1-3H3. The molecule has 0 radical (unpaired) electrons. The van der Waals surface area contributed by atoms with Crippen LogP contribution in [0.25, 0.3) is 11.0 Å². The smallest absolute Gasteiger partial charge is 0.269 e. The Bertz CT molecular complexity index is 1030. The maximum absolute atomic E-state index is 12.7. The van der Waals surface area contributed by atoms with Crippen LogP contribution < -0.4 is 15.0 Å². The first kappa shape index (κ1) is 18.4. The Morgan fingerprint density at radius 1 is 1.15 bits per heavy atom. The Kier molecular flexibility index (Phi) is 5.40. The molecule has 0 saturated carbocycles. The van der Waals surface area contributed by atoms with Gasteiger partial charge < -0.3 is 14.4 Å². The lowest BCUT2D eigenvalue weighted by Gasteiger charge is -2.20. The van der Waals surface area contributed by atoms with E-state index in [1.54, 1.807) is 38.3 Å². The predicted molar refractivity (Wildman–Crippen MR) is 102 cm³/mol. The van der Waals surface area contributed by atoms with Crippen molar-refractivity contribution < 1.29 is 14.3 Å². The zero-order valence-corrected chi connectivity index (χ0v) is 15.5. The minimum Gasteiger partial charge on any atom is -0.497 e. The normalized spacial score (nSPS) is 10.6. The van der Waals surface area contributed by atoms with E-state index in [1.807, 2.05) is 30.3 Å². The first-order valence-electron chi connectivity index (χ1n) is 8.43. The van der Waals surface area contributed by atoms with Gasteiger partial charge in [0.15, 0.2) is 0 Å². The number of hydrogen-bond donors (Lipinski definition) is 0. The maximum atomic E-state index is 12.7. The highest BCUT2D eigenvalue weighted by molar-refractivity contribution is 5.80. The van der Waals surface area contributed by atoms with E-state index in [0.717, 1.165) is 5.56 Å². The molecule has 3 rings (SSSR count). The van der Waals surface area contributed by atoms with Gasteiger partial charge >= 0.3 is 0 Å². The minimum atomic E-state index is -0.308. The van der Waals surface area contributed by atoms with Crippen LogP contribution in [0.4, 0.5) is 0 Å². The summed E-state index contributed by atoms with van der Waals surface area (Å²) >= 11 is 0. The monoisotopic (exact) mass is 367 g/mol. The molecule has 0 aliphatic rings. The fourth-order valence-corrected chi connectivity index (χ4v) is 2.86. The summed E-state index contributed by atoms with van der Waals surface area (Å²) in [4.78, 5) is 30.6. The van der Waals surface area contributed by atoms with E-state index in [4.69, 9.17) is 9.47 Å². The molecule has 2 aromatic carbocycles. The van der Waals surface area contributed by atoms with Crippen LogP contribution >= 0.6 is 0 Å². The number of para-hydroxylation sites is 2. The van der Waals surface area contributed by atoms with Gasteiger partial charge in [0.05, 0.1) is 31.4 Å². The molecule has 0 saturated heterocycles. The summed E-state index contributed by atoms with van der Waals surface area (Å²) < 4.78 is 12.0. The summed E-state index contributed by atoms with van der Waals surface area (Å²) in [5, 5.41) is 0. The van der Waals surface area contributed by atoms with Crippen molar-refractivity contribution in [2.45, 2.75) is 13.1 Å². The average Bonchev–Trinajstić information content (AvgIpc) is 2.70. The van der Waals surface area contributed by atoms with Gasteiger partial charge in [0.25, 0.3) is 5.56 Å². The zero-order chi connectivity index (χ0) is 19.4. The molecule has 0 N–H and O–H groups in total. The molecule has 1 aromatic heterocycles. The summed E-state index contributed by atoms with van der Waals surface area (Å²) in [5.74, 6) is 1.13. The summed E-state index contributed by atoms with van der Waals surface area (Å²) in [6.07, 6.45) is 1.24. The van der Waals surface area contributed by atoms with E-state index in [-0.39, 0.29) is 18.0 Å². The molecule has 27 heavy (non-hydrogen) atoms. The number of fused-ring (bicyclic) bond motifs is 1. The number of rotatable bonds is 6. The highest BCUT2D eigenvalue weighted by atomic mass is 16.5. The molecule has 1 amide bonds. The quantitative estimate of drug-likeness (QED) is 0.667. The molecular formula is C20H21N3O4. The van der Waals surface area contributed by atoms with Gasteiger partial charge in [-0.1, -0.05) is 12.1 Å². The van der Waals surface area contributed by atoms with Gasteiger partial charge in [0.1, 0.15) is 18.0 Å². The van der Waals surface area contributed by atoms with E-state index >= 15 is 0 Å². The van der Waals surface area contributed by atoms with E-state index in [2.05, 4.69) is 4.98 Å². The number of methoxy groups -OCH3 is 2. The number of carbonyl (C=O) groups is 1. The number of hydrogen-bond acceptors (Lipinski definition) is 5. The fourth-order valence-electron chi connectivity index (χ4n) is 2.86. The third-order valence-electron chi connectivity index (χ3n) is 4.37. The maximum Gasteiger partial charge on any atom is 0.269 e. The Morgan fingerprint density at radius 2 is 1.93 bits per heavy atom. The van der Waals surface area contributed by atoms with Gasteiger partial charge in [0, 0.05) is 25.2 Å². The van der Waals surface area contributed by atoms with Crippen LogP contribution in [0.5, 0.6) is 11.5 Å². The van der Waals surface area contributed by atoms with Crippen molar-refractivity contribution in [3.05, 3.63) is 64.6 Å². The van der Waals surface area contributed by atoms with Gasteiger partial charge in [-0.05, 0) is 24.3 Å². The molecule has 0 bridgehead atoms. The number of carbonyl (C=O) groups excluding carboxylic acids is 1. The first-order chi connectivity index (χ1) is 13.0. The average molecular weight is 367 g/mol. The van der Waals surface area contributed by atoms with Crippen molar-refractivity contribution >= 4 is 16.9 Å². The Labute approximate surface area is 156 Å². The van der Waals surface area contributed by atoms with Crippen molar-refractivity contribution in [3.8, 4) is 11.5 Å². The highest BCUT2D eigenvalue weighted by Gasteiger charge is 2.15. The second kappa shape index (κ2) is 7.90. The van der Waals surface area contributed by atoms with Crippen LogP contribution in [0.3, 0.4) is 0 Å². The van der Waals surface area contributed by atoms with Gasteiger partial charge in [-0.3, -0.25) is 14.2 Å². The van der Waals surface area contributed by atoms with E-state index in [0.29, 0.717) is 29.1 Å². The van der Waals surface area contributed by atoms with Crippen LogP contribution in [0, 0.1) is 0 Å². The summed E-state index contributed by atoms with van der Waals surface area (Å²) in [6, 6.07) is 12.7. The SMILES string of the molecule is COc1ccc(CN(C)C(=O)Cn2c(=O)cnc3ccccc32)c(OC)c1. The molecule has 0 atom stereocenters.